The number of aromatic hydroxyl groups is 1. The molecule has 0 aromatic heterocycles. The number of hydrogen-bond donors (Lipinski definition) is 3. The summed E-state index contributed by atoms with van der Waals surface area (Å²) >= 11 is 0. The summed E-state index contributed by atoms with van der Waals surface area (Å²) in [5.74, 6) is -1.52. The molecule has 0 atom stereocenters. The Kier molecular flexibility index (Phi) is 7.19. The number of amides is 5. The molecule has 188 valence electrons. The number of phenolic OH excluding ortho intramolecular Hbond substituents is 1. The Morgan fingerprint density at radius 3 is 2.49 bits per heavy atom. The zero-order valence-electron chi connectivity index (χ0n) is 20.0. The zero-order valence-corrected chi connectivity index (χ0v) is 20.0. The summed E-state index contributed by atoms with van der Waals surface area (Å²) in [6, 6.07) is 16.5. The normalized spacial score (nSPS) is 14.4. The van der Waals surface area contributed by atoms with Gasteiger partial charge in [0.15, 0.2) is 18.1 Å². The van der Waals surface area contributed by atoms with Crippen molar-refractivity contribution in [2.75, 3.05) is 23.9 Å². The molecule has 0 saturated carbocycles. The van der Waals surface area contributed by atoms with Crippen LogP contribution in [0.1, 0.15) is 11.1 Å². The Bertz CT molecular complexity index is 1410. The highest BCUT2D eigenvalue weighted by molar-refractivity contribution is 6.39. The Hall–Kier alpha value is -5.12. The van der Waals surface area contributed by atoms with Crippen molar-refractivity contribution >= 4 is 41.2 Å². The van der Waals surface area contributed by atoms with Gasteiger partial charge in [0.05, 0.1) is 12.8 Å². The lowest BCUT2D eigenvalue weighted by Gasteiger charge is -2.26. The summed E-state index contributed by atoms with van der Waals surface area (Å²) < 4.78 is 11.0. The minimum atomic E-state index is -0.900. The van der Waals surface area contributed by atoms with E-state index in [4.69, 9.17) is 9.47 Å². The summed E-state index contributed by atoms with van der Waals surface area (Å²) in [5, 5.41) is 14.4. The SMILES string of the molecule is COc1cc(/C=C2/C(=O)NC(=O)N(c3ccc(O)cc3)C2=O)ccc1OCC(=O)Nc1cccc(C)c1. The predicted octanol–water partition coefficient (Wildman–Crippen LogP) is 3.39. The quantitative estimate of drug-likeness (QED) is 0.334. The number of barbiturate groups is 1. The third-order valence-electron chi connectivity index (χ3n) is 5.37. The maximum atomic E-state index is 13.0. The molecule has 0 spiro atoms. The molecule has 3 aromatic carbocycles. The van der Waals surface area contributed by atoms with Crippen LogP contribution in [0.15, 0.2) is 72.3 Å². The number of nitrogens with zero attached hydrogens (tertiary/aromatic N) is 1. The van der Waals surface area contributed by atoms with Gasteiger partial charge in [-0.15, -0.1) is 0 Å². The molecule has 1 saturated heterocycles. The van der Waals surface area contributed by atoms with E-state index in [1.807, 2.05) is 25.1 Å². The topological polar surface area (TPSA) is 134 Å². The van der Waals surface area contributed by atoms with Crippen molar-refractivity contribution in [2.45, 2.75) is 6.92 Å². The van der Waals surface area contributed by atoms with E-state index in [0.29, 0.717) is 11.3 Å². The molecule has 3 aromatic rings. The third kappa shape index (κ3) is 5.76. The van der Waals surface area contributed by atoms with Crippen LogP contribution in [-0.4, -0.2) is 42.6 Å². The van der Waals surface area contributed by atoms with Crippen molar-refractivity contribution in [3.05, 3.63) is 83.4 Å². The van der Waals surface area contributed by atoms with Gasteiger partial charge < -0.3 is 19.9 Å². The second-order valence-corrected chi connectivity index (χ2v) is 8.09. The Balaban J connectivity index is 1.51. The number of anilines is 2. The molecule has 4 rings (SSSR count). The van der Waals surface area contributed by atoms with Gasteiger partial charge in [0.2, 0.25) is 0 Å². The zero-order chi connectivity index (χ0) is 26.5. The first-order valence-electron chi connectivity index (χ1n) is 11.1. The number of rotatable bonds is 7. The van der Waals surface area contributed by atoms with Gasteiger partial charge >= 0.3 is 6.03 Å². The summed E-state index contributed by atoms with van der Waals surface area (Å²) in [5.41, 5.74) is 1.99. The van der Waals surface area contributed by atoms with Crippen LogP contribution in [0.3, 0.4) is 0 Å². The molecule has 37 heavy (non-hydrogen) atoms. The standard InChI is InChI=1S/C27H23N3O7/c1-16-4-3-5-18(12-16)28-24(32)15-37-22-11-6-17(14-23(22)36-2)13-21-25(33)29-27(35)30(26(21)34)19-7-9-20(31)10-8-19/h3-14,31H,15H2,1-2H3,(H,28,32)(H,29,33,35)/b21-13-. The molecule has 3 N–H and O–H groups in total. The maximum Gasteiger partial charge on any atom is 0.335 e. The van der Waals surface area contributed by atoms with E-state index < -0.39 is 17.8 Å². The molecule has 10 nitrogen and oxygen atoms in total. The number of phenols is 1. The van der Waals surface area contributed by atoms with E-state index in [2.05, 4.69) is 10.6 Å². The summed E-state index contributed by atoms with van der Waals surface area (Å²) in [7, 11) is 1.41. The minimum absolute atomic E-state index is 0.0393. The number of methoxy groups -OCH3 is 1. The molecule has 0 bridgehead atoms. The largest absolute Gasteiger partial charge is 0.508 e. The van der Waals surface area contributed by atoms with Crippen LogP contribution < -0.4 is 25.0 Å². The molecular formula is C27H23N3O7. The van der Waals surface area contributed by atoms with E-state index in [1.165, 1.54) is 43.5 Å². The Morgan fingerprint density at radius 2 is 1.78 bits per heavy atom. The number of imide groups is 2. The van der Waals surface area contributed by atoms with Crippen molar-refractivity contribution in [2.24, 2.45) is 0 Å². The minimum Gasteiger partial charge on any atom is -0.508 e. The number of ether oxygens (including phenoxy) is 2. The fourth-order valence-electron chi connectivity index (χ4n) is 3.62. The van der Waals surface area contributed by atoms with Gasteiger partial charge in [-0.3, -0.25) is 19.7 Å². The number of nitrogens with one attached hydrogen (secondary N) is 2. The van der Waals surface area contributed by atoms with Gasteiger partial charge in [-0.2, -0.15) is 0 Å². The van der Waals surface area contributed by atoms with Gasteiger partial charge in [0, 0.05) is 5.69 Å². The number of carbonyl (C=O) groups is 4. The molecule has 0 aliphatic carbocycles. The number of aryl methyl sites for hydroxylation is 1. The third-order valence-corrected chi connectivity index (χ3v) is 5.37. The highest BCUT2D eigenvalue weighted by atomic mass is 16.5. The van der Waals surface area contributed by atoms with Gasteiger partial charge in [-0.25, -0.2) is 9.69 Å². The molecular weight excluding hydrogens is 478 g/mol. The predicted molar refractivity (Wildman–Crippen MR) is 135 cm³/mol. The lowest BCUT2D eigenvalue weighted by molar-refractivity contribution is -0.122. The Labute approximate surface area is 212 Å². The highest BCUT2D eigenvalue weighted by Crippen LogP contribution is 2.30. The lowest BCUT2D eigenvalue weighted by Crippen LogP contribution is -2.54. The first-order chi connectivity index (χ1) is 17.7. The lowest BCUT2D eigenvalue weighted by atomic mass is 10.1. The van der Waals surface area contributed by atoms with Crippen LogP contribution in [-0.2, 0) is 14.4 Å². The van der Waals surface area contributed by atoms with Crippen molar-refractivity contribution < 1.29 is 33.8 Å². The molecule has 1 heterocycles. The fraction of sp³-hybridized carbons (Fsp3) is 0.111. The van der Waals surface area contributed by atoms with Crippen molar-refractivity contribution in [1.29, 1.82) is 0 Å². The molecule has 0 radical (unpaired) electrons. The van der Waals surface area contributed by atoms with Crippen molar-refractivity contribution in [3.8, 4) is 17.2 Å². The second kappa shape index (κ2) is 10.6. The summed E-state index contributed by atoms with van der Waals surface area (Å²) in [4.78, 5) is 50.8. The average Bonchev–Trinajstić information content (AvgIpc) is 2.86. The van der Waals surface area contributed by atoms with Crippen LogP contribution >= 0.6 is 0 Å². The molecule has 1 aliphatic rings. The van der Waals surface area contributed by atoms with Gasteiger partial charge in [-0.05, 0) is 72.7 Å². The molecule has 1 fully saturated rings. The highest BCUT2D eigenvalue weighted by Gasteiger charge is 2.36. The van der Waals surface area contributed by atoms with Crippen molar-refractivity contribution in [3.63, 3.8) is 0 Å². The van der Waals surface area contributed by atoms with Crippen LogP contribution in [0.25, 0.3) is 6.08 Å². The summed E-state index contributed by atoms with van der Waals surface area (Å²) in [6.07, 6.45) is 1.31. The number of urea groups is 1. The van der Waals surface area contributed by atoms with Gasteiger partial charge in [0.1, 0.15) is 11.3 Å². The second-order valence-electron chi connectivity index (χ2n) is 8.09. The smallest absolute Gasteiger partial charge is 0.335 e. The van der Waals surface area contributed by atoms with E-state index in [1.54, 1.807) is 18.2 Å². The molecule has 1 aliphatic heterocycles. The number of benzene rings is 3. The number of carbonyl (C=O) groups excluding carboxylic acids is 4. The van der Waals surface area contributed by atoms with Crippen LogP contribution in [0.4, 0.5) is 16.2 Å². The maximum absolute atomic E-state index is 13.0. The number of hydrogen-bond acceptors (Lipinski definition) is 7. The summed E-state index contributed by atoms with van der Waals surface area (Å²) in [6.45, 7) is 1.65. The first-order valence-corrected chi connectivity index (χ1v) is 11.1. The van der Waals surface area contributed by atoms with Crippen LogP contribution in [0, 0.1) is 6.92 Å². The van der Waals surface area contributed by atoms with Crippen molar-refractivity contribution in [1.82, 2.24) is 5.32 Å². The monoisotopic (exact) mass is 501 g/mol. The van der Waals surface area contributed by atoms with Gasteiger partial charge in [-0.1, -0.05) is 18.2 Å². The first kappa shape index (κ1) is 25.0. The van der Waals surface area contributed by atoms with E-state index in [-0.39, 0.29) is 41.0 Å². The molecule has 5 amide bonds. The van der Waals surface area contributed by atoms with E-state index in [0.717, 1.165) is 10.5 Å². The van der Waals surface area contributed by atoms with E-state index in [9.17, 15) is 24.3 Å². The van der Waals surface area contributed by atoms with Crippen LogP contribution in [0.5, 0.6) is 17.2 Å². The van der Waals surface area contributed by atoms with Crippen LogP contribution in [0.2, 0.25) is 0 Å². The van der Waals surface area contributed by atoms with E-state index >= 15 is 0 Å². The molecule has 10 heteroatoms. The fourth-order valence-corrected chi connectivity index (χ4v) is 3.62. The van der Waals surface area contributed by atoms with Gasteiger partial charge in [0.25, 0.3) is 17.7 Å². The molecule has 0 unspecified atom stereocenters. The Morgan fingerprint density at radius 1 is 1.03 bits per heavy atom. The average molecular weight is 501 g/mol.